The second-order valence-electron chi connectivity index (χ2n) is 4.18. The van der Waals surface area contributed by atoms with Crippen molar-refractivity contribution in [2.24, 2.45) is 0 Å². The van der Waals surface area contributed by atoms with Gasteiger partial charge < -0.3 is 0 Å². The SMILES string of the molecule is O=S(=O)(c1ccc(F)c(F)c1)N1CCCC(Br)C1. The molecule has 1 unspecified atom stereocenters. The highest BCUT2D eigenvalue weighted by atomic mass is 79.9. The van der Waals surface area contributed by atoms with Gasteiger partial charge in [0, 0.05) is 17.9 Å². The zero-order valence-electron chi connectivity index (χ0n) is 9.44. The average molecular weight is 340 g/mol. The summed E-state index contributed by atoms with van der Waals surface area (Å²) in [4.78, 5) is -0.102. The lowest BCUT2D eigenvalue weighted by molar-refractivity contribution is 0.355. The van der Waals surface area contributed by atoms with Gasteiger partial charge in [-0.15, -0.1) is 0 Å². The van der Waals surface area contributed by atoms with Crippen LogP contribution in [0.1, 0.15) is 12.8 Å². The highest BCUT2D eigenvalue weighted by Gasteiger charge is 2.29. The first-order valence-electron chi connectivity index (χ1n) is 5.50. The summed E-state index contributed by atoms with van der Waals surface area (Å²) < 4.78 is 51.6. The zero-order valence-corrected chi connectivity index (χ0v) is 11.8. The number of benzene rings is 1. The molecule has 0 bridgehead atoms. The predicted octanol–water partition coefficient (Wildman–Crippen LogP) is 2.51. The molecule has 0 aromatic heterocycles. The number of sulfonamides is 1. The molecule has 100 valence electrons. The molecule has 0 N–H and O–H groups in total. The van der Waals surface area contributed by atoms with Crippen molar-refractivity contribution in [2.75, 3.05) is 13.1 Å². The quantitative estimate of drug-likeness (QED) is 0.776. The predicted molar refractivity (Wildman–Crippen MR) is 67.1 cm³/mol. The Kier molecular flexibility index (Phi) is 4.03. The smallest absolute Gasteiger partial charge is 0.207 e. The van der Waals surface area contributed by atoms with E-state index in [0.717, 1.165) is 31.0 Å². The van der Waals surface area contributed by atoms with Crippen LogP contribution in [0.2, 0.25) is 0 Å². The minimum Gasteiger partial charge on any atom is -0.207 e. The van der Waals surface area contributed by atoms with Gasteiger partial charge in [-0.25, -0.2) is 17.2 Å². The minimum absolute atomic E-state index is 0.103. The topological polar surface area (TPSA) is 37.4 Å². The highest BCUT2D eigenvalue weighted by molar-refractivity contribution is 9.09. The summed E-state index contributed by atoms with van der Waals surface area (Å²) in [5.41, 5.74) is 0. The molecule has 0 spiro atoms. The van der Waals surface area contributed by atoms with Crippen molar-refractivity contribution >= 4 is 26.0 Å². The van der Waals surface area contributed by atoms with Crippen LogP contribution in [0, 0.1) is 11.6 Å². The van der Waals surface area contributed by atoms with E-state index in [2.05, 4.69) is 15.9 Å². The molecule has 0 radical (unpaired) electrons. The molecule has 1 aromatic rings. The summed E-state index contributed by atoms with van der Waals surface area (Å²) in [7, 11) is -3.74. The maximum atomic E-state index is 13.1. The van der Waals surface area contributed by atoms with Crippen LogP contribution in [-0.4, -0.2) is 30.6 Å². The fourth-order valence-corrected chi connectivity index (χ4v) is 4.30. The monoisotopic (exact) mass is 339 g/mol. The van der Waals surface area contributed by atoms with E-state index in [4.69, 9.17) is 0 Å². The highest BCUT2D eigenvalue weighted by Crippen LogP contribution is 2.24. The van der Waals surface area contributed by atoms with Crippen molar-refractivity contribution in [1.82, 2.24) is 4.31 Å². The largest absolute Gasteiger partial charge is 0.243 e. The maximum absolute atomic E-state index is 13.1. The number of hydrogen-bond acceptors (Lipinski definition) is 2. The Hall–Kier alpha value is -0.530. The first kappa shape index (κ1) is 13.9. The van der Waals surface area contributed by atoms with Gasteiger partial charge in [0.15, 0.2) is 11.6 Å². The van der Waals surface area contributed by atoms with Gasteiger partial charge in [0.1, 0.15) is 0 Å². The van der Waals surface area contributed by atoms with Gasteiger partial charge in [-0.1, -0.05) is 15.9 Å². The van der Waals surface area contributed by atoms with Gasteiger partial charge in [0.05, 0.1) is 4.90 Å². The van der Waals surface area contributed by atoms with E-state index in [0.29, 0.717) is 13.1 Å². The van der Waals surface area contributed by atoms with Crippen LogP contribution in [0.5, 0.6) is 0 Å². The lowest BCUT2D eigenvalue weighted by atomic mass is 10.2. The average Bonchev–Trinajstić information content (AvgIpc) is 2.32. The fourth-order valence-electron chi connectivity index (χ4n) is 1.90. The molecule has 1 fully saturated rings. The van der Waals surface area contributed by atoms with E-state index < -0.39 is 21.7 Å². The van der Waals surface area contributed by atoms with E-state index in [1.54, 1.807) is 0 Å². The van der Waals surface area contributed by atoms with Crippen LogP contribution in [0.15, 0.2) is 23.1 Å². The first-order valence-corrected chi connectivity index (χ1v) is 7.86. The van der Waals surface area contributed by atoms with Gasteiger partial charge >= 0.3 is 0 Å². The molecule has 3 nitrogen and oxygen atoms in total. The summed E-state index contributed by atoms with van der Waals surface area (Å²) in [6.45, 7) is 0.755. The van der Waals surface area contributed by atoms with Crippen molar-refractivity contribution in [3.8, 4) is 0 Å². The third-order valence-corrected chi connectivity index (χ3v) is 5.46. The zero-order chi connectivity index (χ0) is 13.3. The first-order chi connectivity index (χ1) is 8.41. The van der Waals surface area contributed by atoms with Crippen LogP contribution in [0.4, 0.5) is 8.78 Å². The molecule has 1 aliphatic rings. The third kappa shape index (κ3) is 2.73. The summed E-state index contributed by atoms with van der Waals surface area (Å²) >= 11 is 3.38. The standard InChI is InChI=1S/C11H12BrF2NO2S/c12-8-2-1-5-15(7-8)18(16,17)9-3-4-10(13)11(14)6-9/h3-4,6,8H,1-2,5,7H2. The Bertz CT molecular complexity index is 550. The summed E-state index contributed by atoms with van der Waals surface area (Å²) in [6, 6.07) is 2.64. The van der Waals surface area contributed by atoms with Crippen molar-refractivity contribution in [2.45, 2.75) is 22.6 Å². The van der Waals surface area contributed by atoms with E-state index in [-0.39, 0.29) is 9.72 Å². The summed E-state index contributed by atoms with van der Waals surface area (Å²) in [5, 5.41) is 0. The molecular weight excluding hydrogens is 328 g/mol. The van der Waals surface area contributed by atoms with Crippen LogP contribution in [0.3, 0.4) is 0 Å². The summed E-state index contributed by atoms with van der Waals surface area (Å²) in [5.74, 6) is -2.20. The number of nitrogens with zero attached hydrogens (tertiary/aromatic N) is 1. The van der Waals surface area contributed by atoms with Crippen LogP contribution >= 0.6 is 15.9 Å². The van der Waals surface area contributed by atoms with Crippen molar-refractivity contribution in [3.05, 3.63) is 29.8 Å². The van der Waals surface area contributed by atoms with E-state index in [1.807, 2.05) is 0 Å². The van der Waals surface area contributed by atoms with E-state index in [9.17, 15) is 17.2 Å². The van der Waals surface area contributed by atoms with E-state index >= 15 is 0 Å². The van der Waals surface area contributed by atoms with Crippen LogP contribution < -0.4 is 0 Å². The second-order valence-corrected chi connectivity index (χ2v) is 7.41. The third-order valence-electron chi connectivity index (χ3n) is 2.86. The lowest BCUT2D eigenvalue weighted by Crippen LogP contribution is -2.40. The van der Waals surface area contributed by atoms with Crippen LogP contribution in [-0.2, 0) is 10.0 Å². The van der Waals surface area contributed by atoms with Crippen molar-refractivity contribution in [1.29, 1.82) is 0 Å². The molecule has 1 saturated heterocycles. The van der Waals surface area contributed by atoms with Crippen LogP contribution in [0.25, 0.3) is 0 Å². The molecular formula is C11H12BrF2NO2S. The number of halogens is 3. The normalized spacial score (nSPS) is 22.1. The van der Waals surface area contributed by atoms with Crippen molar-refractivity contribution in [3.63, 3.8) is 0 Å². The Balaban J connectivity index is 2.32. The van der Waals surface area contributed by atoms with Gasteiger partial charge in [0.25, 0.3) is 0 Å². The molecule has 2 rings (SSSR count). The van der Waals surface area contributed by atoms with Gasteiger partial charge in [0.2, 0.25) is 10.0 Å². The minimum atomic E-state index is -3.74. The lowest BCUT2D eigenvalue weighted by Gasteiger charge is -2.29. The molecule has 0 aliphatic carbocycles. The summed E-state index contributed by atoms with van der Waals surface area (Å²) in [6.07, 6.45) is 1.66. The van der Waals surface area contributed by atoms with Gasteiger partial charge in [-0.2, -0.15) is 4.31 Å². The van der Waals surface area contributed by atoms with Crippen molar-refractivity contribution < 1.29 is 17.2 Å². The molecule has 0 saturated carbocycles. The molecule has 1 aliphatic heterocycles. The molecule has 1 heterocycles. The molecule has 0 amide bonds. The number of hydrogen-bond donors (Lipinski definition) is 0. The molecule has 1 aromatic carbocycles. The Labute approximate surface area is 113 Å². The van der Waals surface area contributed by atoms with E-state index in [1.165, 1.54) is 4.31 Å². The molecule has 1 atom stereocenters. The number of rotatable bonds is 2. The Morgan fingerprint density at radius 2 is 2.00 bits per heavy atom. The molecule has 18 heavy (non-hydrogen) atoms. The van der Waals surface area contributed by atoms with Gasteiger partial charge in [-0.05, 0) is 31.0 Å². The number of piperidine rings is 1. The Morgan fingerprint density at radius 3 is 2.61 bits per heavy atom. The molecule has 7 heteroatoms. The van der Waals surface area contributed by atoms with Gasteiger partial charge in [-0.3, -0.25) is 0 Å². The second kappa shape index (κ2) is 5.22. The maximum Gasteiger partial charge on any atom is 0.243 e. The fraction of sp³-hybridized carbons (Fsp3) is 0.455. The Morgan fingerprint density at radius 1 is 1.28 bits per heavy atom. The number of alkyl halides is 1.